The minimum Gasteiger partial charge on any atom is -0.466 e. The zero-order chi connectivity index (χ0) is 44.0. The summed E-state index contributed by atoms with van der Waals surface area (Å²) in [5, 5.41) is 0. The second-order valence-corrected chi connectivity index (χ2v) is 16.3. The van der Waals surface area contributed by atoms with Crippen LogP contribution < -0.4 is 0 Å². The summed E-state index contributed by atoms with van der Waals surface area (Å²) in [6.07, 6.45) is -4.41. The number of esters is 1. The maximum Gasteiger partial charge on any atom is 0.416 e. The van der Waals surface area contributed by atoms with Crippen LogP contribution in [0.5, 0.6) is 0 Å². The van der Waals surface area contributed by atoms with Gasteiger partial charge in [0.2, 0.25) is 5.91 Å². The third-order valence-electron chi connectivity index (χ3n) is 12.4. The molecule has 2 fully saturated rings. The molecule has 0 aromatic heterocycles. The molecule has 2 heterocycles. The molecule has 0 bridgehead atoms. The number of hydrogen-bond acceptors (Lipinski definition) is 7. The van der Waals surface area contributed by atoms with Crippen LogP contribution in [0.4, 0.5) is 30.7 Å². The van der Waals surface area contributed by atoms with E-state index in [0.29, 0.717) is 63.3 Å². The Morgan fingerprint density at radius 3 is 2.20 bits per heavy atom. The van der Waals surface area contributed by atoms with Crippen LogP contribution in [0.15, 0.2) is 66.7 Å². The summed E-state index contributed by atoms with van der Waals surface area (Å²) in [5.41, 5.74) is -2.65. The van der Waals surface area contributed by atoms with Gasteiger partial charge in [0, 0.05) is 37.5 Å². The van der Waals surface area contributed by atoms with E-state index < -0.39 is 53.1 Å². The second-order valence-electron chi connectivity index (χ2n) is 16.3. The summed E-state index contributed by atoms with van der Waals surface area (Å²) in [6, 6.07) is 14.5. The summed E-state index contributed by atoms with van der Waals surface area (Å²) in [4.78, 5) is 43.3. The number of fused-ring (bicyclic) bond motifs is 2. The fourth-order valence-corrected chi connectivity index (χ4v) is 8.90. The van der Waals surface area contributed by atoms with Crippen LogP contribution in [-0.2, 0) is 53.6 Å². The molecule has 0 N–H and O–H groups in total. The third-order valence-corrected chi connectivity index (χ3v) is 12.4. The number of amides is 2. The topological polar surface area (TPSA) is 88.6 Å². The van der Waals surface area contributed by atoms with E-state index in [1.165, 1.54) is 35.4 Å². The summed E-state index contributed by atoms with van der Waals surface area (Å²) in [5.74, 6) is -1.88. The Balaban J connectivity index is 1.09. The van der Waals surface area contributed by atoms with E-state index in [1.54, 1.807) is 18.9 Å². The number of likely N-dealkylation sites (N-methyl/N-ethyl adjacent to an activating group) is 1. The maximum atomic E-state index is 14.1. The van der Waals surface area contributed by atoms with Crippen molar-refractivity contribution < 1.29 is 59.3 Å². The van der Waals surface area contributed by atoms with E-state index in [1.807, 2.05) is 12.1 Å². The van der Waals surface area contributed by atoms with Gasteiger partial charge in [-0.1, -0.05) is 49.2 Å². The second kappa shape index (κ2) is 19.2. The van der Waals surface area contributed by atoms with Crippen LogP contribution >= 0.6 is 0 Å². The molecular formula is C45H52F7N3O6. The Morgan fingerprint density at radius 2 is 1.54 bits per heavy atom. The molecule has 6 rings (SSSR count). The fourth-order valence-electron chi connectivity index (χ4n) is 8.90. The number of likely N-dealkylation sites (tertiary alicyclic amines) is 1. The Hall–Kier alpha value is -4.54. The molecule has 16 heteroatoms. The van der Waals surface area contributed by atoms with E-state index in [2.05, 4.69) is 17.0 Å². The number of carbonyl (C=O) groups is 3. The van der Waals surface area contributed by atoms with Gasteiger partial charge in [-0.3, -0.25) is 14.4 Å². The zero-order valence-electron chi connectivity index (χ0n) is 34.4. The quantitative estimate of drug-likeness (QED) is 0.0811. The van der Waals surface area contributed by atoms with Crippen LogP contribution in [0.25, 0.3) is 0 Å². The van der Waals surface area contributed by atoms with Crippen molar-refractivity contribution in [1.82, 2.24) is 14.7 Å². The van der Waals surface area contributed by atoms with Crippen molar-refractivity contribution in [3.63, 3.8) is 0 Å². The normalized spacial score (nSPS) is 20.2. The molecule has 2 aliphatic heterocycles. The smallest absolute Gasteiger partial charge is 0.416 e. The number of carbonyl (C=O) groups excluding carboxylic acids is 3. The predicted molar refractivity (Wildman–Crippen MR) is 211 cm³/mol. The van der Waals surface area contributed by atoms with Crippen molar-refractivity contribution in [2.24, 2.45) is 0 Å². The van der Waals surface area contributed by atoms with Crippen molar-refractivity contribution in [3.05, 3.63) is 106 Å². The number of alkyl halides is 6. The van der Waals surface area contributed by atoms with Crippen molar-refractivity contribution in [3.8, 4) is 0 Å². The molecule has 2 atom stereocenters. The predicted octanol–water partition coefficient (Wildman–Crippen LogP) is 8.53. The first-order chi connectivity index (χ1) is 28.9. The molecule has 2 amide bonds. The molecule has 1 aliphatic carbocycles. The van der Waals surface area contributed by atoms with Gasteiger partial charge in [0.25, 0.3) is 5.91 Å². The number of ether oxygens (including phenoxy) is 3. The standard InChI is InChI=1S/C45H52F7N3O6/c1-3-59-40(57)12-6-4-5-9-20-53(2)39(56)28-60-38-26-31-10-7-8-11-37(31)42(38)17-21-54(22-18-42)23-19-43(33-13-15-36(46)16-14-33)29-55(30-61-43)41(58)32-24-34(44(47,48)49)27-35(25-32)45(50,51)52/h7-8,10-11,13-16,24-25,27,38H,3-6,9,12,17-23,26,28-30H2,1-2H3/t38-,43+/m0/s1. The molecule has 0 saturated carbocycles. The number of rotatable bonds is 16. The molecule has 3 aromatic carbocycles. The highest BCUT2D eigenvalue weighted by Crippen LogP contribution is 2.48. The van der Waals surface area contributed by atoms with E-state index in [4.69, 9.17) is 14.2 Å². The molecule has 0 radical (unpaired) electrons. The maximum absolute atomic E-state index is 14.1. The lowest BCUT2D eigenvalue weighted by Crippen LogP contribution is -2.50. The molecule has 2 saturated heterocycles. The minimum absolute atomic E-state index is 0.0249. The lowest BCUT2D eigenvalue weighted by Gasteiger charge is -2.44. The zero-order valence-corrected chi connectivity index (χ0v) is 34.4. The number of halogens is 7. The highest BCUT2D eigenvalue weighted by Gasteiger charge is 2.50. The summed E-state index contributed by atoms with van der Waals surface area (Å²) >= 11 is 0. The Bertz CT molecular complexity index is 1970. The Labute approximate surface area is 351 Å². The number of hydrogen-bond donors (Lipinski definition) is 0. The number of unbranched alkanes of at least 4 members (excludes halogenated alkanes) is 3. The first-order valence-corrected chi connectivity index (χ1v) is 20.7. The molecule has 9 nitrogen and oxygen atoms in total. The highest BCUT2D eigenvalue weighted by molar-refractivity contribution is 5.95. The summed E-state index contributed by atoms with van der Waals surface area (Å²) in [6.45, 7) is 3.81. The van der Waals surface area contributed by atoms with Gasteiger partial charge in [-0.25, -0.2) is 4.39 Å². The SMILES string of the molecule is CCOC(=O)CCCCCCN(C)C(=O)CO[C@H]1Cc2ccccc2C12CCN(CC[C@]1(c3ccc(F)cc3)CN(C(=O)c3cc(C(F)(F)F)cc(C(F)(F)F)c3)CO1)CC2. The monoisotopic (exact) mass is 863 g/mol. The third kappa shape index (κ3) is 10.9. The average Bonchev–Trinajstić information content (AvgIpc) is 3.80. The molecule has 3 aromatic rings. The lowest BCUT2D eigenvalue weighted by atomic mass is 9.72. The van der Waals surface area contributed by atoms with E-state index in [-0.39, 0.29) is 49.0 Å². The number of benzene rings is 3. The van der Waals surface area contributed by atoms with E-state index >= 15 is 0 Å². The summed E-state index contributed by atoms with van der Waals surface area (Å²) in [7, 11) is 1.76. The van der Waals surface area contributed by atoms with E-state index in [9.17, 15) is 45.1 Å². The van der Waals surface area contributed by atoms with Crippen molar-refractivity contribution >= 4 is 17.8 Å². The molecule has 0 unspecified atom stereocenters. The van der Waals surface area contributed by atoms with Crippen molar-refractivity contribution in [2.75, 3.05) is 59.7 Å². The Kier molecular flexibility index (Phi) is 14.5. The van der Waals surface area contributed by atoms with Crippen molar-refractivity contribution in [2.45, 2.75) is 94.2 Å². The molecule has 332 valence electrons. The first-order valence-electron chi connectivity index (χ1n) is 20.7. The minimum atomic E-state index is -5.13. The average molecular weight is 864 g/mol. The van der Waals surface area contributed by atoms with Crippen LogP contribution in [0, 0.1) is 5.82 Å². The lowest BCUT2D eigenvalue weighted by molar-refractivity contribution is -0.144. The summed E-state index contributed by atoms with van der Waals surface area (Å²) < 4.78 is 114. The van der Waals surface area contributed by atoms with Crippen LogP contribution in [0.1, 0.15) is 96.5 Å². The molecule has 61 heavy (non-hydrogen) atoms. The van der Waals surface area contributed by atoms with Gasteiger partial charge >= 0.3 is 18.3 Å². The van der Waals surface area contributed by atoms with Gasteiger partial charge in [-0.2, -0.15) is 26.3 Å². The Morgan fingerprint density at radius 1 is 0.885 bits per heavy atom. The van der Waals surface area contributed by atoms with Gasteiger partial charge in [0.1, 0.15) is 24.8 Å². The largest absolute Gasteiger partial charge is 0.466 e. The van der Waals surface area contributed by atoms with Gasteiger partial charge in [0.15, 0.2) is 0 Å². The van der Waals surface area contributed by atoms with Gasteiger partial charge in [-0.15, -0.1) is 0 Å². The number of nitrogens with zero attached hydrogens (tertiary/aromatic N) is 3. The highest BCUT2D eigenvalue weighted by atomic mass is 19.4. The van der Waals surface area contributed by atoms with Gasteiger partial charge < -0.3 is 28.9 Å². The van der Waals surface area contributed by atoms with E-state index in [0.717, 1.165) is 43.4 Å². The van der Waals surface area contributed by atoms with Crippen LogP contribution in [0.3, 0.4) is 0 Å². The molecule has 1 spiro atoms. The molecular weight excluding hydrogens is 811 g/mol. The fraction of sp³-hybridized carbons (Fsp3) is 0.533. The first kappa shape index (κ1) is 46.0. The van der Waals surface area contributed by atoms with Crippen LogP contribution in [0.2, 0.25) is 0 Å². The number of piperidine rings is 1. The van der Waals surface area contributed by atoms with Gasteiger partial charge in [-0.05, 0) is 106 Å². The van der Waals surface area contributed by atoms with Gasteiger partial charge in [0.05, 0.1) is 30.4 Å². The van der Waals surface area contributed by atoms with Crippen molar-refractivity contribution in [1.29, 1.82) is 0 Å². The van der Waals surface area contributed by atoms with Crippen LogP contribution in [-0.4, -0.2) is 98.3 Å². The molecule has 3 aliphatic rings.